The third-order valence-electron chi connectivity index (χ3n) is 2.95. The lowest BCUT2D eigenvalue weighted by molar-refractivity contribution is -0.152. The molecule has 1 rings (SSSR count). The molecule has 92 valence electrons. The average molecular weight is 246 g/mol. The van der Waals surface area contributed by atoms with Gasteiger partial charge in [-0.15, -0.1) is 0 Å². The number of nitrogens with two attached hydrogens (primary N) is 1. The minimum absolute atomic E-state index is 0.351. The number of rotatable bonds is 6. The fourth-order valence-electron chi connectivity index (χ4n) is 1.63. The first kappa shape index (κ1) is 13.3. The molecule has 1 aliphatic rings. The van der Waals surface area contributed by atoms with Gasteiger partial charge in [-0.3, -0.25) is 4.79 Å². The fraction of sp³-hybridized carbons (Fsp3) is 0.800. The molecule has 0 unspecified atom stereocenters. The summed E-state index contributed by atoms with van der Waals surface area (Å²) in [5.74, 6) is -0.505. The topological polar surface area (TPSA) is 92.4 Å². The Hall–Kier alpha value is -0.750. The maximum absolute atomic E-state index is 11.7. The van der Waals surface area contributed by atoms with Crippen molar-refractivity contribution >= 4 is 23.6 Å². The number of carboxylic acids is 1. The van der Waals surface area contributed by atoms with E-state index in [1.165, 1.54) is 0 Å². The lowest BCUT2D eigenvalue weighted by Gasteiger charge is -2.38. The molecule has 1 fully saturated rings. The highest BCUT2D eigenvalue weighted by molar-refractivity contribution is 7.98. The van der Waals surface area contributed by atoms with Crippen molar-refractivity contribution < 1.29 is 14.7 Å². The number of hydrogen-bond donors (Lipinski definition) is 3. The van der Waals surface area contributed by atoms with Crippen molar-refractivity contribution in [2.75, 3.05) is 12.0 Å². The molecule has 16 heavy (non-hydrogen) atoms. The van der Waals surface area contributed by atoms with Gasteiger partial charge < -0.3 is 16.2 Å². The van der Waals surface area contributed by atoms with Crippen LogP contribution in [-0.2, 0) is 9.59 Å². The maximum Gasteiger partial charge on any atom is 0.329 e. The summed E-state index contributed by atoms with van der Waals surface area (Å²) in [6.45, 7) is 0. The van der Waals surface area contributed by atoms with Crippen molar-refractivity contribution in [3.05, 3.63) is 0 Å². The highest BCUT2D eigenvalue weighted by atomic mass is 32.2. The second kappa shape index (κ2) is 5.54. The molecule has 0 aromatic carbocycles. The molecule has 4 N–H and O–H groups in total. The Morgan fingerprint density at radius 1 is 1.56 bits per heavy atom. The minimum Gasteiger partial charge on any atom is -0.480 e. The first-order chi connectivity index (χ1) is 7.52. The molecular weight excluding hydrogens is 228 g/mol. The van der Waals surface area contributed by atoms with E-state index in [1.54, 1.807) is 11.8 Å². The number of carbonyl (C=O) groups is 2. The Bertz CT molecular complexity index is 279. The van der Waals surface area contributed by atoms with Crippen LogP contribution in [0, 0.1) is 0 Å². The predicted octanol–water partition coefficient (Wildman–Crippen LogP) is 0.190. The third kappa shape index (κ3) is 2.89. The lowest BCUT2D eigenvalue weighted by atomic mass is 9.76. The molecule has 0 heterocycles. The second-order valence-corrected chi connectivity index (χ2v) is 5.10. The van der Waals surface area contributed by atoms with E-state index in [0.717, 1.165) is 12.2 Å². The Kier molecular flexibility index (Phi) is 4.61. The largest absolute Gasteiger partial charge is 0.480 e. The van der Waals surface area contributed by atoms with Crippen LogP contribution in [0.15, 0.2) is 0 Å². The van der Waals surface area contributed by atoms with Crippen LogP contribution in [0.4, 0.5) is 0 Å². The van der Waals surface area contributed by atoms with Crippen molar-refractivity contribution in [2.45, 2.75) is 37.3 Å². The Morgan fingerprint density at radius 3 is 2.56 bits per heavy atom. The molecule has 0 saturated heterocycles. The Balaban J connectivity index is 2.46. The molecule has 1 aliphatic carbocycles. The first-order valence-electron chi connectivity index (χ1n) is 5.32. The summed E-state index contributed by atoms with van der Waals surface area (Å²) in [6.07, 6.45) is 4.36. The fourth-order valence-corrected chi connectivity index (χ4v) is 2.12. The van der Waals surface area contributed by atoms with E-state index in [1.807, 2.05) is 6.26 Å². The standard InChI is InChI=1S/C10H18N2O3S/c1-16-6-3-7(11)8(13)12-10(9(14)15)4-2-5-10/h7H,2-6,11H2,1H3,(H,12,13)(H,14,15)/t7-/m0/s1. The summed E-state index contributed by atoms with van der Waals surface area (Å²) >= 11 is 1.62. The minimum atomic E-state index is -1.05. The molecule has 0 radical (unpaired) electrons. The van der Waals surface area contributed by atoms with Gasteiger partial charge in [-0.25, -0.2) is 4.79 Å². The smallest absolute Gasteiger partial charge is 0.329 e. The van der Waals surface area contributed by atoms with Crippen molar-refractivity contribution in [2.24, 2.45) is 5.73 Å². The van der Waals surface area contributed by atoms with Gasteiger partial charge in [0.15, 0.2) is 0 Å². The van der Waals surface area contributed by atoms with Gasteiger partial charge in [0.05, 0.1) is 6.04 Å². The van der Waals surface area contributed by atoms with Gasteiger partial charge in [-0.1, -0.05) is 0 Å². The van der Waals surface area contributed by atoms with E-state index in [4.69, 9.17) is 10.8 Å². The number of thioether (sulfide) groups is 1. The van der Waals surface area contributed by atoms with E-state index >= 15 is 0 Å². The molecule has 0 aromatic heterocycles. The van der Waals surface area contributed by atoms with Crippen molar-refractivity contribution in [3.8, 4) is 0 Å². The van der Waals surface area contributed by atoms with Gasteiger partial charge in [-0.2, -0.15) is 11.8 Å². The first-order valence-corrected chi connectivity index (χ1v) is 6.71. The molecule has 0 spiro atoms. The van der Waals surface area contributed by atoms with Gasteiger partial charge in [0.2, 0.25) is 5.91 Å². The van der Waals surface area contributed by atoms with Crippen molar-refractivity contribution in [3.63, 3.8) is 0 Å². The van der Waals surface area contributed by atoms with Crippen LogP contribution in [0.3, 0.4) is 0 Å². The van der Waals surface area contributed by atoms with Gasteiger partial charge in [0, 0.05) is 0 Å². The van der Waals surface area contributed by atoms with Gasteiger partial charge in [0.25, 0.3) is 0 Å². The zero-order valence-corrected chi connectivity index (χ0v) is 10.2. The molecule has 5 nitrogen and oxygen atoms in total. The molecule has 1 saturated carbocycles. The zero-order chi connectivity index (χ0) is 12.2. The Labute approximate surface area is 99.1 Å². The summed E-state index contributed by atoms with van der Waals surface area (Å²) in [4.78, 5) is 22.7. The van der Waals surface area contributed by atoms with E-state index in [-0.39, 0.29) is 5.91 Å². The van der Waals surface area contributed by atoms with Gasteiger partial charge >= 0.3 is 5.97 Å². The van der Waals surface area contributed by atoms with Crippen molar-refractivity contribution in [1.82, 2.24) is 5.32 Å². The third-order valence-corrected chi connectivity index (χ3v) is 3.59. The van der Waals surface area contributed by atoms with Crippen LogP contribution in [0.1, 0.15) is 25.7 Å². The van der Waals surface area contributed by atoms with Crippen molar-refractivity contribution in [1.29, 1.82) is 0 Å². The molecule has 1 amide bonds. The molecule has 0 aromatic rings. The summed E-state index contributed by atoms with van der Waals surface area (Å²) < 4.78 is 0. The highest BCUT2D eigenvalue weighted by Crippen LogP contribution is 2.32. The van der Waals surface area contributed by atoms with Crippen LogP contribution in [0.5, 0.6) is 0 Å². The van der Waals surface area contributed by atoms with E-state index in [0.29, 0.717) is 19.3 Å². The number of amides is 1. The average Bonchev–Trinajstić information content (AvgIpc) is 2.18. The Morgan fingerprint density at radius 2 is 2.19 bits per heavy atom. The van der Waals surface area contributed by atoms with E-state index in [2.05, 4.69) is 5.32 Å². The molecular formula is C10H18N2O3S. The summed E-state index contributed by atoms with van der Waals surface area (Å²) in [6, 6.07) is -0.607. The highest BCUT2D eigenvalue weighted by Gasteiger charge is 2.46. The van der Waals surface area contributed by atoms with E-state index in [9.17, 15) is 9.59 Å². The number of carboxylic acid groups (broad SMARTS) is 1. The second-order valence-electron chi connectivity index (χ2n) is 4.12. The monoisotopic (exact) mass is 246 g/mol. The predicted molar refractivity (Wildman–Crippen MR) is 63.3 cm³/mol. The number of nitrogens with one attached hydrogen (secondary N) is 1. The molecule has 1 atom stereocenters. The van der Waals surface area contributed by atoms with Crippen LogP contribution >= 0.6 is 11.8 Å². The van der Waals surface area contributed by atoms with Crippen LogP contribution in [0.2, 0.25) is 0 Å². The number of aliphatic carboxylic acids is 1. The molecule has 6 heteroatoms. The normalized spacial score (nSPS) is 19.6. The SMILES string of the molecule is CSCC[C@H](N)C(=O)NC1(C(=O)O)CCC1. The van der Waals surface area contributed by atoms with Crippen LogP contribution < -0.4 is 11.1 Å². The summed E-state index contributed by atoms with van der Waals surface area (Å²) in [5, 5.41) is 11.6. The maximum atomic E-state index is 11.7. The summed E-state index contributed by atoms with van der Waals surface area (Å²) in [5.41, 5.74) is 4.62. The quantitative estimate of drug-likeness (QED) is 0.622. The molecule has 0 bridgehead atoms. The van der Waals surface area contributed by atoms with E-state index < -0.39 is 17.6 Å². The van der Waals surface area contributed by atoms with Crippen LogP contribution in [0.25, 0.3) is 0 Å². The lowest BCUT2D eigenvalue weighted by Crippen LogP contribution is -2.61. The molecule has 0 aliphatic heterocycles. The van der Waals surface area contributed by atoms with Crippen LogP contribution in [-0.4, -0.2) is 40.6 Å². The van der Waals surface area contributed by atoms with Gasteiger partial charge in [0.1, 0.15) is 5.54 Å². The van der Waals surface area contributed by atoms with Gasteiger partial charge in [-0.05, 0) is 37.7 Å². The number of carbonyl (C=O) groups excluding carboxylic acids is 1. The number of hydrogen-bond acceptors (Lipinski definition) is 4. The summed E-state index contributed by atoms with van der Waals surface area (Å²) in [7, 11) is 0. The zero-order valence-electron chi connectivity index (χ0n) is 9.36.